The van der Waals surface area contributed by atoms with E-state index in [2.05, 4.69) is 27.5 Å². The highest BCUT2D eigenvalue weighted by Crippen LogP contribution is 2.41. The third kappa shape index (κ3) is 3.64. The predicted octanol–water partition coefficient (Wildman–Crippen LogP) is 5.57. The number of fused-ring (bicyclic) bond motifs is 2. The maximum absolute atomic E-state index is 13.6. The maximum atomic E-state index is 13.6. The summed E-state index contributed by atoms with van der Waals surface area (Å²) in [6.45, 7) is 5.96. The highest BCUT2D eigenvalue weighted by molar-refractivity contribution is 9.10. The van der Waals surface area contributed by atoms with Crippen LogP contribution in [0.5, 0.6) is 5.75 Å². The van der Waals surface area contributed by atoms with E-state index in [1.165, 1.54) is 4.90 Å². The highest BCUT2D eigenvalue weighted by Gasteiger charge is 2.44. The summed E-state index contributed by atoms with van der Waals surface area (Å²) in [7, 11) is 0. The number of aryl methyl sites for hydroxylation is 1. The van der Waals surface area contributed by atoms with Crippen molar-refractivity contribution in [1.82, 2.24) is 4.98 Å². The number of nitrogens with zero attached hydrogens (tertiary/aromatic N) is 2. The minimum Gasteiger partial charge on any atom is -0.490 e. The number of aromatic nitrogens is 1. The van der Waals surface area contributed by atoms with Crippen molar-refractivity contribution in [3.63, 3.8) is 0 Å². The number of hydrogen-bond donors (Lipinski definition) is 0. The van der Waals surface area contributed by atoms with Crippen molar-refractivity contribution in [2.45, 2.75) is 13.0 Å². The van der Waals surface area contributed by atoms with E-state index < -0.39 is 11.9 Å². The van der Waals surface area contributed by atoms with Gasteiger partial charge in [0.15, 0.2) is 5.43 Å². The Kier molecular flexibility index (Phi) is 5.34. The Balaban J connectivity index is 1.73. The first-order valence-electron chi connectivity index (χ1n) is 10.3. The zero-order valence-electron chi connectivity index (χ0n) is 17.7. The van der Waals surface area contributed by atoms with Crippen molar-refractivity contribution in [2.75, 3.05) is 11.5 Å². The van der Waals surface area contributed by atoms with Crippen LogP contribution >= 0.6 is 15.9 Å². The molecule has 1 aliphatic heterocycles. The van der Waals surface area contributed by atoms with Gasteiger partial charge in [-0.05, 0) is 60.5 Å². The molecule has 0 fully saturated rings. The molecule has 2 aromatic carbocycles. The normalized spacial score (nSPS) is 15.0. The third-order valence-corrected chi connectivity index (χ3v) is 6.04. The Hall–Kier alpha value is -3.71. The topological polar surface area (TPSA) is 72.6 Å². The van der Waals surface area contributed by atoms with E-state index in [-0.39, 0.29) is 11.2 Å². The van der Waals surface area contributed by atoms with E-state index in [0.29, 0.717) is 34.7 Å². The summed E-state index contributed by atoms with van der Waals surface area (Å²) in [6, 6.07) is 15.5. The number of benzene rings is 2. The maximum Gasteiger partial charge on any atom is 0.296 e. The number of carbonyl (C=O) groups is 1. The summed E-state index contributed by atoms with van der Waals surface area (Å²) in [6.07, 6.45) is 3.31. The lowest BCUT2D eigenvalue weighted by molar-refractivity contribution is 0.0970. The first-order chi connectivity index (χ1) is 16.0. The average Bonchev–Trinajstić information content (AvgIpc) is 3.11. The predicted molar refractivity (Wildman–Crippen MR) is 130 cm³/mol. The van der Waals surface area contributed by atoms with Gasteiger partial charge in [-0.3, -0.25) is 14.5 Å². The molecule has 0 aliphatic carbocycles. The SMILES string of the molecule is C=CCOc1ccc(C2c3c(oc4ccc(Br)cc4c3=O)C(=O)N2c2cc(C)ccn2)cc1. The van der Waals surface area contributed by atoms with Crippen LogP contribution < -0.4 is 15.1 Å². The standard InChI is InChI=1S/C26H19BrN2O4/c1-3-12-32-18-7-4-16(5-8-18)23-22-24(30)19-14-17(27)6-9-20(19)33-25(22)26(31)29(23)21-13-15(2)10-11-28-21/h3-11,13-14,23H,1,12H2,2H3. The van der Waals surface area contributed by atoms with E-state index in [4.69, 9.17) is 9.15 Å². The largest absolute Gasteiger partial charge is 0.490 e. The van der Waals surface area contributed by atoms with Crippen LogP contribution in [0.1, 0.15) is 33.3 Å². The van der Waals surface area contributed by atoms with Crippen molar-refractivity contribution in [3.8, 4) is 5.75 Å². The van der Waals surface area contributed by atoms with Crippen LogP contribution in [0.3, 0.4) is 0 Å². The van der Waals surface area contributed by atoms with Gasteiger partial charge in [-0.15, -0.1) is 0 Å². The molecule has 0 saturated heterocycles. The molecular weight excluding hydrogens is 484 g/mol. The molecule has 1 atom stereocenters. The molecule has 7 heteroatoms. The van der Waals surface area contributed by atoms with Crippen molar-refractivity contribution in [3.05, 3.63) is 111 Å². The Morgan fingerprint density at radius 1 is 1.15 bits per heavy atom. The lowest BCUT2D eigenvalue weighted by atomic mass is 9.98. The lowest BCUT2D eigenvalue weighted by Gasteiger charge is -2.24. The van der Waals surface area contributed by atoms with Crippen LogP contribution in [0, 0.1) is 6.92 Å². The summed E-state index contributed by atoms with van der Waals surface area (Å²) < 4.78 is 12.3. The molecule has 164 valence electrons. The number of anilines is 1. The quantitative estimate of drug-likeness (QED) is 0.333. The van der Waals surface area contributed by atoms with Crippen LogP contribution in [0.2, 0.25) is 0 Å². The molecule has 0 saturated carbocycles. The second kappa shape index (κ2) is 8.33. The Bertz CT molecular complexity index is 1460. The monoisotopic (exact) mass is 502 g/mol. The molecule has 33 heavy (non-hydrogen) atoms. The Labute approximate surface area is 198 Å². The van der Waals surface area contributed by atoms with Gasteiger partial charge >= 0.3 is 0 Å². The molecule has 4 aromatic rings. The van der Waals surface area contributed by atoms with Crippen molar-refractivity contribution >= 4 is 38.6 Å². The van der Waals surface area contributed by atoms with E-state index in [1.807, 2.05) is 43.3 Å². The lowest BCUT2D eigenvalue weighted by Crippen LogP contribution is -2.30. The zero-order chi connectivity index (χ0) is 23.1. The van der Waals surface area contributed by atoms with Gasteiger partial charge in [0, 0.05) is 10.7 Å². The van der Waals surface area contributed by atoms with Gasteiger partial charge in [0.2, 0.25) is 5.76 Å². The van der Waals surface area contributed by atoms with E-state index in [0.717, 1.165) is 15.6 Å². The summed E-state index contributed by atoms with van der Waals surface area (Å²) in [4.78, 5) is 33.2. The Morgan fingerprint density at radius 3 is 2.67 bits per heavy atom. The Morgan fingerprint density at radius 2 is 1.94 bits per heavy atom. The second-order valence-electron chi connectivity index (χ2n) is 7.75. The first kappa shape index (κ1) is 21.2. The van der Waals surface area contributed by atoms with Crippen molar-refractivity contribution in [1.29, 1.82) is 0 Å². The van der Waals surface area contributed by atoms with Crippen LogP contribution in [0.15, 0.2) is 87.1 Å². The minimum absolute atomic E-state index is 0.0371. The molecule has 0 bridgehead atoms. The molecule has 0 radical (unpaired) electrons. The fourth-order valence-corrected chi connectivity index (χ4v) is 4.41. The smallest absolute Gasteiger partial charge is 0.296 e. The molecule has 1 amide bonds. The summed E-state index contributed by atoms with van der Waals surface area (Å²) >= 11 is 3.42. The second-order valence-corrected chi connectivity index (χ2v) is 8.67. The first-order valence-corrected chi connectivity index (χ1v) is 11.1. The average molecular weight is 503 g/mol. The number of amides is 1. The zero-order valence-corrected chi connectivity index (χ0v) is 19.3. The minimum atomic E-state index is -0.685. The number of halogens is 1. The van der Waals surface area contributed by atoms with Gasteiger partial charge in [-0.25, -0.2) is 4.98 Å². The molecule has 5 rings (SSSR count). The number of ether oxygens (including phenoxy) is 1. The molecule has 2 aromatic heterocycles. The molecule has 0 spiro atoms. The van der Waals surface area contributed by atoms with Crippen LogP contribution in [-0.4, -0.2) is 17.5 Å². The molecular formula is C26H19BrN2O4. The van der Waals surface area contributed by atoms with Gasteiger partial charge < -0.3 is 9.15 Å². The third-order valence-electron chi connectivity index (χ3n) is 5.54. The molecule has 3 heterocycles. The number of pyridine rings is 1. The molecule has 1 unspecified atom stereocenters. The number of rotatable bonds is 5. The van der Waals surface area contributed by atoms with Crippen molar-refractivity contribution < 1.29 is 13.9 Å². The van der Waals surface area contributed by atoms with E-state index >= 15 is 0 Å². The van der Waals surface area contributed by atoms with E-state index in [9.17, 15) is 9.59 Å². The van der Waals surface area contributed by atoms with Crippen molar-refractivity contribution in [2.24, 2.45) is 0 Å². The van der Waals surface area contributed by atoms with Crippen LogP contribution in [0.25, 0.3) is 11.0 Å². The molecule has 1 aliphatic rings. The fraction of sp³-hybridized carbons (Fsp3) is 0.115. The summed E-state index contributed by atoms with van der Waals surface area (Å²) in [5.41, 5.74) is 2.12. The van der Waals surface area contributed by atoms with Crippen LogP contribution in [-0.2, 0) is 0 Å². The molecule has 0 N–H and O–H groups in total. The number of hydrogen-bond acceptors (Lipinski definition) is 5. The van der Waals surface area contributed by atoms with Crippen LogP contribution in [0.4, 0.5) is 5.82 Å². The van der Waals surface area contributed by atoms with Gasteiger partial charge in [-0.2, -0.15) is 0 Å². The van der Waals surface area contributed by atoms with Gasteiger partial charge in [0.25, 0.3) is 5.91 Å². The van der Waals surface area contributed by atoms with Gasteiger partial charge in [0.05, 0.1) is 17.0 Å². The summed E-state index contributed by atoms with van der Waals surface area (Å²) in [5.74, 6) is 0.753. The molecule has 6 nitrogen and oxygen atoms in total. The summed E-state index contributed by atoms with van der Waals surface area (Å²) in [5, 5.41) is 0.408. The highest BCUT2D eigenvalue weighted by atomic mass is 79.9. The van der Waals surface area contributed by atoms with E-state index in [1.54, 1.807) is 30.5 Å². The number of carbonyl (C=O) groups excluding carboxylic acids is 1. The van der Waals surface area contributed by atoms with Gasteiger partial charge in [-0.1, -0.05) is 40.7 Å². The fourth-order valence-electron chi connectivity index (χ4n) is 4.05. The van der Waals surface area contributed by atoms with Gasteiger partial charge in [0.1, 0.15) is 23.8 Å².